The molecule has 21 heavy (non-hydrogen) atoms. The zero-order chi connectivity index (χ0) is 15.3. The minimum Gasteiger partial charge on any atom is -0.396 e. The molecule has 2 heteroatoms. The van der Waals surface area contributed by atoms with Crippen molar-refractivity contribution in [2.75, 3.05) is 13.2 Å². The Morgan fingerprint density at radius 2 is 1.71 bits per heavy atom. The molecular formula is C19H33NO. The second-order valence-corrected chi connectivity index (χ2v) is 6.03. The van der Waals surface area contributed by atoms with Crippen molar-refractivity contribution in [3.05, 3.63) is 35.9 Å². The van der Waals surface area contributed by atoms with E-state index in [1.165, 1.54) is 44.1 Å². The molecule has 2 atom stereocenters. The molecule has 0 heterocycles. The van der Waals surface area contributed by atoms with E-state index in [0.29, 0.717) is 18.6 Å². The summed E-state index contributed by atoms with van der Waals surface area (Å²) in [4.78, 5) is 0. The maximum atomic E-state index is 9.19. The molecule has 0 radical (unpaired) electrons. The van der Waals surface area contributed by atoms with Gasteiger partial charge in [0.1, 0.15) is 0 Å². The fraction of sp³-hybridized carbons (Fsp3) is 0.684. The molecule has 0 saturated carbocycles. The SMILES string of the molecule is CCCCCC(NCC(CCC)CCO)c1ccccc1. The van der Waals surface area contributed by atoms with Crippen LogP contribution < -0.4 is 5.32 Å². The molecule has 1 aromatic carbocycles. The highest BCUT2D eigenvalue weighted by Crippen LogP contribution is 2.21. The zero-order valence-electron chi connectivity index (χ0n) is 13.9. The molecule has 0 fully saturated rings. The van der Waals surface area contributed by atoms with Gasteiger partial charge in [-0.05, 0) is 37.3 Å². The maximum absolute atomic E-state index is 9.19. The van der Waals surface area contributed by atoms with Gasteiger partial charge in [0.05, 0.1) is 0 Å². The lowest BCUT2D eigenvalue weighted by Gasteiger charge is -2.23. The Morgan fingerprint density at radius 3 is 2.33 bits per heavy atom. The summed E-state index contributed by atoms with van der Waals surface area (Å²) in [6.45, 7) is 5.79. The van der Waals surface area contributed by atoms with Crippen LogP contribution in [0.5, 0.6) is 0 Å². The van der Waals surface area contributed by atoms with Crippen LogP contribution in [0, 0.1) is 5.92 Å². The van der Waals surface area contributed by atoms with E-state index in [1.54, 1.807) is 0 Å². The van der Waals surface area contributed by atoms with Crippen molar-refractivity contribution in [3.8, 4) is 0 Å². The van der Waals surface area contributed by atoms with E-state index in [1.807, 2.05) is 0 Å². The minimum atomic E-state index is 0.304. The Balaban J connectivity index is 2.55. The lowest BCUT2D eigenvalue weighted by molar-refractivity contribution is 0.244. The first-order chi connectivity index (χ1) is 10.3. The summed E-state index contributed by atoms with van der Waals surface area (Å²) in [7, 11) is 0. The number of benzene rings is 1. The molecule has 1 rings (SSSR count). The van der Waals surface area contributed by atoms with Gasteiger partial charge in [0.2, 0.25) is 0 Å². The molecule has 0 bridgehead atoms. The first kappa shape index (κ1) is 18.2. The van der Waals surface area contributed by atoms with Crippen molar-refractivity contribution in [1.29, 1.82) is 0 Å². The number of rotatable bonds is 12. The number of nitrogens with one attached hydrogen (secondary N) is 1. The average Bonchev–Trinajstić information content (AvgIpc) is 2.52. The van der Waals surface area contributed by atoms with Gasteiger partial charge >= 0.3 is 0 Å². The smallest absolute Gasteiger partial charge is 0.0434 e. The Morgan fingerprint density at radius 1 is 0.952 bits per heavy atom. The van der Waals surface area contributed by atoms with Gasteiger partial charge in [-0.25, -0.2) is 0 Å². The molecule has 0 saturated heterocycles. The standard InChI is InChI=1S/C19H33NO/c1-3-5-7-13-19(18-11-8-6-9-12-18)20-16-17(10-4-2)14-15-21/h6,8-9,11-12,17,19-21H,3-5,7,10,13-16H2,1-2H3. The van der Waals surface area contributed by atoms with Gasteiger partial charge in [-0.3, -0.25) is 0 Å². The third kappa shape index (κ3) is 7.63. The fourth-order valence-electron chi connectivity index (χ4n) is 2.92. The molecule has 2 nitrogen and oxygen atoms in total. The summed E-state index contributed by atoms with van der Waals surface area (Å²) < 4.78 is 0. The Labute approximate surface area is 131 Å². The van der Waals surface area contributed by atoms with Crippen molar-refractivity contribution in [1.82, 2.24) is 5.32 Å². The average molecular weight is 291 g/mol. The molecule has 0 aliphatic carbocycles. The van der Waals surface area contributed by atoms with E-state index < -0.39 is 0 Å². The van der Waals surface area contributed by atoms with Gasteiger partial charge in [-0.15, -0.1) is 0 Å². The largest absolute Gasteiger partial charge is 0.396 e. The molecule has 2 unspecified atom stereocenters. The second-order valence-electron chi connectivity index (χ2n) is 6.03. The van der Waals surface area contributed by atoms with Crippen molar-refractivity contribution in [2.45, 2.75) is 64.8 Å². The van der Waals surface area contributed by atoms with Gasteiger partial charge in [-0.1, -0.05) is 69.9 Å². The van der Waals surface area contributed by atoms with Gasteiger partial charge in [0, 0.05) is 12.6 Å². The third-order valence-corrected chi connectivity index (χ3v) is 4.19. The first-order valence-electron chi connectivity index (χ1n) is 8.71. The lowest BCUT2D eigenvalue weighted by atomic mass is 9.97. The monoisotopic (exact) mass is 291 g/mol. The summed E-state index contributed by atoms with van der Waals surface area (Å²) >= 11 is 0. The van der Waals surface area contributed by atoms with E-state index in [9.17, 15) is 5.11 Å². The summed E-state index contributed by atoms with van der Waals surface area (Å²) in [5.41, 5.74) is 1.40. The van der Waals surface area contributed by atoms with E-state index in [4.69, 9.17) is 0 Å². The van der Waals surface area contributed by atoms with Crippen molar-refractivity contribution < 1.29 is 5.11 Å². The van der Waals surface area contributed by atoms with Gasteiger partial charge in [0.15, 0.2) is 0 Å². The van der Waals surface area contributed by atoms with Crippen LogP contribution in [0.25, 0.3) is 0 Å². The van der Waals surface area contributed by atoms with Crippen LogP contribution in [0.4, 0.5) is 0 Å². The van der Waals surface area contributed by atoms with Gasteiger partial charge in [0.25, 0.3) is 0 Å². The summed E-state index contributed by atoms with van der Waals surface area (Å²) in [5, 5.41) is 12.9. The molecule has 0 aliphatic heterocycles. The van der Waals surface area contributed by atoms with Crippen LogP contribution in [0.1, 0.15) is 70.4 Å². The van der Waals surface area contributed by atoms with E-state index in [2.05, 4.69) is 49.5 Å². The second kappa shape index (κ2) is 11.8. The van der Waals surface area contributed by atoms with Crippen LogP contribution in [-0.4, -0.2) is 18.3 Å². The topological polar surface area (TPSA) is 32.3 Å². The van der Waals surface area contributed by atoms with E-state index >= 15 is 0 Å². The summed E-state index contributed by atoms with van der Waals surface area (Å²) in [6, 6.07) is 11.2. The van der Waals surface area contributed by atoms with Crippen LogP contribution in [-0.2, 0) is 0 Å². The molecule has 2 N–H and O–H groups in total. The predicted molar refractivity (Wildman–Crippen MR) is 91.4 cm³/mol. The molecule has 0 aliphatic rings. The maximum Gasteiger partial charge on any atom is 0.0434 e. The molecule has 0 aromatic heterocycles. The zero-order valence-corrected chi connectivity index (χ0v) is 13.9. The number of hydrogen-bond acceptors (Lipinski definition) is 2. The van der Waals surface area contributed by atoms with Crippen molar-refractivity contribution in [3.63, 3.8) is 0 Å². The van der Waals surface area contributed by atoms with Gasteiger partial charge < -0.3 is 10.4 Å². The molecule has 0 spiro atoms. The third-order valence-electron chi connectivity index (χ3n) is 4.19. The highest BCUT2D eigenvalue weighted by molar-refractivity contribution is 5.18. The normalized spacial score (nSPS) is 14.0. The van der Waals surface area contributed by atoms with Crippen LogP contribution in [0.3, 0.4) is 0 Å². The minimum absolute atomic E-state index is 0.304. The molecular weight excluding hydrogens is 258 g/mol. The predicted octanol–water partition coefficient (Wildman–Crippen LogP) is 4.70. The van der Waals surface area contributed by atoms with Crippen LogP contribution in [0.15, 0.2) is 30.3 Å². The number of hydrogen-bond donors (Lipinski definition) is 2. The Hall–Kier alpha value is -0.860. The fourth-order valence-corrected chi connectivity index (χ4v) is 2.92. The number of aliphatic hydroxyl groups is 1. The molecule has 0 amide bonds. The quantitative estimate of drug-likeness (QED) is 0.547. The van der Waals surface area contributed by atoms with E-state index in [-0.39, 0.29) is 0 Å². The van der Waals surface area contributed by atoms with Crippen molar-refractivity contribution >= 4 is 0 Å². The number of aliphatic hydroxyl groups excluding tert-OH is 1. The Bertz CT molecular complexity index is 333. The lowest BCUT2D eigenvalue weighted by Crippen LogP contribution is -2.28. The number of unbranched alkanes of at least 4 members (excludes halogenated alkanes) is 2. The Kier molecular flexibility index (Phi) is 10.2. The van der Waals surface area contributed by atoms with Crippen LogP contribution in [0.2, 0.25) is 0 Å². The van der Waals surface area contributed by atoms with Crippen molar-refractivity contribution in [2.24, 2.45) is 5.92 Å². The molecule has 120 valence electrons. The molecule has 1 aromatic rings. The van der Waals surface area contributed by atoms with E-state index in [0.717, 1.165) is 13.0 Å². The summed E-state index contributed by atoms with van der Waals surface area (Å²) in [6.07, 6.45) is 8.36. The highest BCUT2D eigenvalue weighted by atomic mass is 16.3. The first-order valence-corrected chi connectivity index (χ1v) is 8.71. The summed E-state index contributed by atoms with van der Waals surface area (Å²) in [5.74, 6) is 0.595. The van der Waals surface area contributed by atoms with Gasteiger partial charge in [-0.2, -0.15) is 0 Å². The highest BCUT2D eigenvalue weighted by Gasteiger charge is 2.13. The van der Waals surface area contributed by atoms with Crippen LogP contribution >= 0.6 is 0 Å².